The van der Waals surface area contributed by atoms with Gasteiger partial charge in [-0.2, -0.15) is 0 Å². The van der Waals surface area contributed by atoms with Gasteiger partial charge in [-0.25, -0.2) is 0 Å². The molecular weight excluding hydrogens is 1220 g/mol. The Morgan fingerprint density at radius 1 is 0.553 bits per heavy atom. The van der Waals surface area contributed by atoms with Gasteiger partial charge in [0.05, 0.1) is 12.6 Å². The highest BCUT2D eigenvalue weighted by Gasteiger charge is 2.54. The maximum absolute atomic E-state index is 16.3. The summed E-state index contributed by atoms with van der Waals surface area (Å²) in [5.41, 5.74) is 0. The van der Waals surface area contributed by atoms with Crippen LogP contribution >= 0.6 is 11.8 Å². The summed E-state index contributed by atoms with van der Waals surface area (Å²) in [4.78, 5) is 173. The highest BCUT2D eigenvalue weighted by molar-refractivity contribution is 8.01. The summed E-state index contributed by atoms with van der Waals surface area (Å²) in [7, 11) is 10.1. The van der Waals surface area contributed by atoms with E-state index in [1.165, 1.54) is 99.4 Å². The van der Waals surface area contributed by atoms with Gasteiger partial charge in [-0.3, -0.25) is 57.6 Å². The Morgan fingerprint density at radius 3 is 1.51 bits per heavy atom. The van der Waals surface area contributed by atoms with Crippen molar-refractivity contribution in [3.8, 4) is 0 Å². The summed E-state index contributed by atoms with van der Waals surface area (Å²) in [5.74, 6) is -9.55. The lowest BCUT2D eigenvalue weighted by Crippen LogP contribution is -2.68. The Kier molecular flexibility index (Phi) is 34.7. The lowest BCUT2D eigenvalue weighted by molar-refractivity contribution is -0.159. The molecule has 0 saturated carbocycles. The van der Waals surface area contributed by atoms with Crippen LogP contribution in [0, 0.1) is 41.4 Å². The number of allylic oxidation sites excluding steroid dienone is 2. The molecule has 0 bridgehead atoms. The largest absolute Gasteiger partial charge is 0.390 e. The van der Waals surface area contributed by atoms with E-state index in [0.717, 1.165) is 36.0 Å². The lowest BCUT2D eigenvalue weighted by Gasteiger charge is -2.48. The summed E-state index contributed by atoms with van der Waals surface area (Å²) < 4.78 is 0. The Morgan fingerprint density at radius 2 is 1.02 bits per heavy atom. The number of amides is 11. The van der Waals surface area contributed by atoms with Crippen molar-refractivity contribution in [1.29, 1.82) is 0 Å². The van der Waals surface area contributed by atoms with E-state index in [9.17, 15) is 38.7 Å². The van der Waals surface area contributed by atoms with Gasteiger partial charge in [0.15, 0.2) is 4.87 Å². The molecule has 11 amide bonds. The van der Waals surface area contributed by atoms with E-state index in [1.54, 1.807) is 47.6 Å². The predicted octanol–water partition coefficient (Wildman–Crippen LogP) is 3.24. The zero-order valence-electron chi connectivity index (χ0n) is 61.6. The number of likely N-dealkylation sites (N-methyl/N-ethyl adjacent to an activating group) is 7. The molecule has 2 rings (SSSR count). The van der Waals surface area contributed by atoms with Crippen molar-refractivity contribution in [2.45, 2.75) is 222 Å². The molecule has 94 heavy (non-hydrogen) atoms. The van der Waals surface area contributed by atoms with Crippen LogP contribution in [-0.4, -0.2) is 269 Å². The first-order valence-electron chi connectivity index (χ1n) is 34.1. The van der Waals surface area contributed by atoms with Crippen LogP contribution in [0.5, 0.6) is 0 Å². The van der Waals surface area contributed by atoms with Gasteiger partial charge in [0.1, 0.15) is 54.4 Å². The van der Waals surface area contributed by atoms with E-state index >= 15 is 19.2 Å². The summed E-state index contributed by atoms with van der Waals surface area (Å²) in [5, 5.41) is 27.0. The molecule has 2 aliphatic rings. The highest BCUT2D eigenvalue weighted by Crippen LogP contribution is 2.40. The summed E-state index contributed by atoms with van der Waals surface area (Å²) in [6.45, 7) is 33.2. The minimum absolute atomic E-state index is 0.0121. The molecule has 538 valence electrons. The zero-order chi connectivity index (χ0) is 72.1. The number of aliphatic hydroxyl groups excluding tert-OH is 1. The number of rotatable bonds is 19. The lowest BCUT2D eigenvalue weighted by atomic mass is 9.91. The summed E-state index contributed by atoms with van der Waals surface area (Å²) >= 11 is 1.23. The molecular formula is C68H123N13O12S. The van der Waals surface area contributed by atoms with E-state index in [-0.39, 0.29) is 55.8 Å². The first-order chi connectivity index (χ1) is 43.7. The molecule has 0 aliphatic carbocycles. The third kappa shape index (κ3) is 22.9. The first kappa shape index (κ1) is 84.2. The minimum atomic E-state index is -1.82. The van der Waals surface area contributed by atoms with Gasteiger partial charge >= 0.3 is 0 Å². The molecule has 0 aromatic carbocycles. The van der Waals surface area contributed by atoms with E-state index in [4.69, 9.17) is 0 Å². The molecule has 25 nitrogen and oxygen atoms in total. The van der Waals surface area contributed by atoms with Gasteiger partial charge in [-0.15, -0.1) is 11.8 Å². The van der Waals surface area contributed by atoms with Gasteiger partial charge in [0, 0.05) is 87.8 Å². The standard InChI is InChI=1S/C68H123N13O12S/c1-25-27-28-46(15)57(83)56-61(87)72-49(26-2)63(89)74(18)39-54(82)75(19)50(35-40(3)4)60(86)73-55(44(11)12)66(92)76(20)51(36-41(5)6)59(85)70-47(16)58(84)71-48(17)62(88)77(21)52(37-42(7)8)64(90)78(22)53(38-43(9)10)65(91)80(24)68(45(13)14,67(93)79(56)23)94-34-33-81-31-29-69-30-32-81/h25,27,40-53,55-57,69,83H,26,28-39H2,1-24H3,(H,70,85)(H,71,84)(H,72,87)(H,73,86)/b27-25+/t46-,47+,48-,49+,50+,51+,52+,53+,55+,56+,57-,68+/m1/s1. The fourth-order valence-electron chi connectivity index (χ4n) is 12.2. The van der Waals surface area contributed by atoms with Gasteiger partial charge in [0.2, 0.25) is 59.1 Å². The van der Waals surface area contributed by atoms with Crippen LogP contribution in [0.1, 0.15) is 156 Å². The van der Waals surface area contributed by atoms with Crippen molar-refractivity contribution in [2.24, 2.45) is 41.4 Å². The molecule has 6 N–H and O–H groups in total. The third-order valence-corrected chi connectivity index (χ3v) is 20.0. The van der Waals surface area contributed by atoms with Crippen molar-refractivity contribution in [1.82, 2.24) is 65.8 Å². The molecule has 0 unspecified atom stereocenters. The van der Waals surface area contributed by atoms with E-state index in [2.05, 4.69) is 31.5 Å². The number of hydrogen-bond acceptors (Lipinski definition) is 15. The fraction of sp³-hybridized carbons (Fsp3) is 0.809. The molecule has 2 heterocycles. The fourth-order valence-corrected chi connectivity index (χ4v) is 13.7. The number of thioether (sulfide) groups is 1. The predicted molar refractivity (Wildman–Crippen MR) is 369 cm³/mol. The number of hydrogen-bond donors (Lipinski definition) is 6. The Hall–Kier alpha value is -5.86. The second-order valence-corrected chi connectivity index (χ2v) is 29.9. The molecule has 2 fully saturated rings. The molecule has 12 atom stereocenters. The molecule has 26 heteroatoms. The number of carbonyl (C=O) groups excluding carboxylic acids is 11. The van der Waals surface area contributed by atoms with Gasteiger partial charge < -0.3 is 66.0 Å². The average Bonchev–Trinajstić information content (AvgIpc) is 0.758. The van der Waals surface area contributed by atoms with Crippen molar-refractivity contribution in [3.05, 3.63) is 12.2 Å². The van der Waals surface area contributed by atoms with Gasteiger partial charge in [-0.1, -0.05) is 109 Å². The number of nitrogens with zero attached hydrogens (tertiary/aromatic N) is 8. The van der Waals surface area contributed by atoms with Crippen LogP contribution in [-0.2, 0) is 52.7 Å². The first-order valence-corrected chi connectivity index (χ1v) is 35.1. The number of aliphatic hydroxyl groups is 1. The van der Waals surface area contributed by atoms with Gasteiger partial charge in [0.25, 0.3) is 5.91 Å². The van der Waals surface area contributed by atoms with Crippen LogP contribution in [0.4, 0.5) is 0 Å². The Bertz CT molecular complexity index is 2580. The number of piperazine rings is 1. The topological polar surface area (TPSA) is 294 Å². The zero-order valence-corrected chi connectivity index (χ0v) is 62.4. The van der Waals surface area contributed by atoms with Crippen LogP contribution in [0.2, 0.25) is 0 Å². The maximum Gasteiger partial charge on any atom is 0.259 e. The van der Waals surface area contributed by atoms with Crippen molar-refractivity contribution in [3.63, 3.8) is 0 Å². The SMILES string of the molecule is C/C=C/C[C@@H](C)[C@@H](O)[C@H]1C(=O)N[C@@H](CC)C(=O)N(C)CC(=O)N(C)[C@@H](CC(C)C)C(=O)N[C@@H](C(C)C)C(=O)N(C)[C@@H](CC(C)C)C(=O)N[C@@H](C)C(=O)N[C@H](C)C(=O)N(C)[C@@H](CC(C)C)C(=O)N(C)[C@@H](CC(C)C)C(=O)N(C)[C@](SCCN2CCNCC2)(C(C)C)C(=O)N1C. The van der Waals surface area contributed by atoms with Crippen LogP contribution in [0.25, 0.3) is 0 Å². The van der Waals surface area contributed by atoms with Crippen LogP contribution in [0.3, 0.4) is 0 Å². The monoisotopic (exact) mass is 1350 g/mol. The van der Waals surface area contributed by atoms with E-state index < -0.39 is 155 Å². The molecule has 0 radical (unpaired) electrons. The second-order valence-electron chi connectivity index (χ2n) is 28.6. The maximum atomic E-state index is 16.3. The molecule has 0 aromatic rings. The van der Waals surface area contributed by atoms with Crippen molar-refractivity contribution in [2.75, 3.05) is 94.4 Å². The summed E-state index contributed by atoms with van der Waals surface area (Å²) in [6.07, 6.45) is 2.98. The summed E-state index contributed by atoms with van der Waals surface area (Å²) in [6, 6.07) is -11.3. The Labute approximate surface area is 567 Å². The molecule has 2 aliphatic heterocycles. The average molecular weight is 1350 g/mol. The molecule has 0 aromatic heterocycles. The third-order valence-electron chi connectivity index (χ3n) is 18.3. The Balaban J connectivity index is 3.13. The smallest absolute Gasteiger partial charge is 0.259 e. The molecule has 2 saturated heterocycles. The van der Waals surface area contributed by atoms with E-state index in [1.807, 2.05) is 68.4 Å². The number of carbonyl (C=O) groups is 11. The quantitative estimate of drug-likeness (QED) is 0.101. The number of nitrogens with one attached hydrogen (secondary N) is 5. The van der Waals surface area contributed by atoms with Crippen molar-refractivity contribution < 1.29 is 57.8 Å². The van der Waals surface area contributed by atoms with Crippen molar-refractivity contribution >= 4 is 76.7 Å². The van der Waals surface area contributed by atoms with E-state index in [0.29, 0.717) is 18.7 Å². The van der Waals surface area contributed by atoms with Gasteiger partial charge in [-0.05, 0) is 101 Å². The minimum Gasteiger partial charge on any atom is -0.390 e. The highest BCUT2D eigenvalue weighted by atomic mass is 32.2. The van der Waals surface area contributed by atoms with Crippen LogP contribution < -0.4 is 26.6 Å². The normalized spacial score (nSPS) is 27.5. The second kappa shape index (κ2) is 38.8. The van der Waals surface area contributed by atoms with Crippen LogP contribution in [0.15, 0.2) is 12.2 Å². The molecule has 0 spiro atoms.